The second kappa shape index (κ2) is 11.2. The summed E-state index contributed by atoms with van der Waals surface area (Å²) in [4.78, 5) is 48.3. The van der Waals surface area contributed by atoms with E-state index in [-0.39, 0.29) is 48.5 Å². The van der Waals surface area contributed by atoms with Crippen LogP contribution in [0.15, 0.2) is 48.5 Å². The van der Waals surface area contributed by atoms with Gasteiger partial charge in [0.2, 0.25) is 0 Å². The quantitative estimate of drug-likeness (QED) is 0.349. The predicted octanol–water partition coefficient (Wildman–Crippen LogP) is 5.68. The highest BCUT2D eigenvalue weighted by Gasteiger charge is 2.19. The molecule has 0 spiro atoms. The van der Waals surface area contributed by atoms with Crippen molar-refractivity contribution >= 4 is 23.5 Å². The van der Waals surface area contributed by atoms with Gasteiger partial charge in [0.25, 0.3) is 0 Å². The first-order valence-electron chi connectivity index (χ1n) is 11.3. The number of Topliss-reactive ketones (excluding diaryl/α,β-unsaturated/α-hetero) is 2. The fourth-order valence-corrected chi connectivity index (χ4v) is 3.12. The average molecular weight is 467 g/mol. The molecule has 0 amide bonds. The summed E-state index contributed by atoms with van der Waals surface area (Å²) in [6.07, 6.45) is 0.494. The highest BCUT2D eigenvalue weighted by atomic mass is 16.5. The van der Waals surface area contributed by atoms with Gasteiger partial charge in [0.15, 0.2) is 24.8 Å². The van der Waals surface area contributed by atoms with Gasteiger partial charge in [0.05, 0.1) is 12.8 Å². The van der Waals surface area contributed by atoms with Crippen LogP contribution in [0.5, 0.6) is 0 Å². The molecular formula is C28H34O6. The van der Waals surface area contributed by atoms with Crippen LogP contribution in [0.3, 0.4) is 0 Å². The van der Waals surface area contributed by atoms with E-state index in [2.05, 4.69) is 0 Å². The molecule has 0 aliphatic carbocycles. The van der Waals surface area contributed by atoms with E-state index in [1.165, 1.54) is 0 Å². The molecule has 0 N–H and O–H groups in total. The van der Waals surface area contributed by atoms with Gasteiger partial charge >= 0.3 is 11.9 Å². The lowest BCUT2D eigenvalue weighted by atomic mass is 9.92. The summed E-state index contributed by atoms with van der Waals surface area (Å²) in [5.74, 6) is -1.32. The molecule has 0 bridgehead atoms. The molecule has 0 atom stereocenters. The lowest BCUT2D eigenvalue weighted by Crippen LogP contribution is -2.19. The number of benzene rings is 2. The van der Waals surface area contributed by atoms with Gasteiger partial charge in [0.1, 0.15) is 0 Å². The van der Waals surface area contributed by atoms with Crippen LogP contribution in [0, 0.1) is 10.8 Å². The first-order chi connectivity index (χ1) is 15.7. The van der Waals surface area contributed by atoms with Crippen LogP contribution in [0.4, 0.5) is 0 Å². The minimum Gasteiger partial charge on any atom is -0.457 e. The zero-order chi connectivity index (χ0) is 25.5. The minimum atomic E-state index is -0.393. The topological polar surface area (TPSA) is 86.7 Å². The van der Waals surface area contributed by atoms with Gasteiger partial charge in [0, 0.05) is 11.1 Å². The lowest BCUT2D eigenvalue weighted by molar-refractivity contribution is -0.145. The molecule has 6 heteroatoms. The zero-order valence-electron chi connectivity index (χ0n) is 20.9. The fraction of sp³-hybridized carbons (Fsp3) is 0.429. The summed E-state index contributed by atoms with van der Waals surface area (Å²) in [6, 6.07) is 13.9. The standard InChI is InChI=1S/C28H34O6/c1-27(2,3)15-25(31)33-17-23(29)21-11-7-19(8-12-21)20-9-13-22(14-10-20)24(30)18-34-26(32)16-28(4,5)6/h7-14H,15-18H2,1-6H3. The molecule has 182 valence electrons. The first-order valence-corrected chi connectivity index (χ1v) is 11.3. The van der Waals surface area contributed by atoms with Gasteiger partial charge in [-0.1, -0.05) is 90.1 Å². The Labute approximate surface area is 201 Å². The van der Waals surface area contributed by atoms with Gasteiger partial charge in [-0.05, 0) is 22.0 Å². The number of esters is 2. The van der Waals surface area contributed by atoms with Gasteiger partial charge in [-0.2, -0.15) is 0 Å². The number of hydrogen-bond acceptors (Lipinski definition) is 6. The largest absolute Gasteiger partial charge is 0.457 e. The van der Waals surface area contributed by atoms with Crippen LogP contribution in [0.1, 0.15) is 75.1 Å². The van der Waals surface area contributed by atoms with Crippen molar-refractivity contribution in [3.8, 4) is 11.1 Å². The number of rotatable bonds is 9. The number of carbonyl (C=O) groups is 4. The lowest BCUT2D eigenvalue weighted by Gasteiger charge is -2.16. The Balaban J connectivity index is 1.92. The fourth-order valence-electron chi connectivity index (χ4n) is 3.12. The number of carbonyl (C=O) groups excluding carboxylic acids is 4. The van der Waals surface area contributed by atoms with E-state index in [1.54, 1.807) is 48.5 Å². The summed E-state index contributed by atoms with van der Waals surface area (Å²) < 4.78 is 10.2. The molecule has 0 saturated heterocycles. The highest BCUT2D eigenvalue weighted by Crippen LogP contribution is 2.22. The molecule has 0 aliphatic rings. The second-order valence-corrected chi connectivity index (χ2v) is 10.8. The number of ether oxygens (including phenoxy) is 2. The molecule has 0 unspecified atom stereocenters. The number of ketones is 2. The third-order valence-electron chi connectivity index (χ3n) is 4.82. The molecule has 0 heterocycles. The summed E-state index contributed by atoms with van der Waals surface area (Å²) in [5, 5.41) is 0. The Morgan fingerprint density at radius 1 is 0.559 bits per heavy atom. The van der Waals surface area contributed by atoms with Crippen LogP contribution in [0.2, 0.25) is 0 Å². The minimum absolute atomic E-state index is 0.196. The molecule has 2 rings (SSSR count). The van der Waals surface area contributed by atoms with E-state index >= 15 is 0 Å². The van der Waals surface area contributed by atoms with Crippen molar-refractivity contribution in [1.29, 1.82) is 0 Å². The molecule has 2 aromatic rings. The van der Waals surface area contributed by atoms with E-state index < -0.39 is 11.9 Å². The smallest absolute Gasteiger partial charge is 0.306 e. The molecule has 2 aromatic carbocycles. The van der Waals surface area contributed by atoms with Crippen LogP contribution < -0.4 is 0 Å². The molecular weight excluding hydrogens is 432 g/mol. The zero-order valence-corrected chi connectivity index (χ0v) is 20.9. The van der Waals surface area contributed by atoms with E-state index in [4.69, 9.17) is 9.47 Å². The van der Waals surface area contributed by atoms with Crippen LogP contribution in [-0.4, -0.2) is 36.7 Å². The predicted molar refractivity (Wildman–Crippen MR) is 131 cm³/mol. The monoisotopic (exact) mass is 466 g/mol. The Morgan fingerprint density at radius 2 is 0.853 bits per heavy atom. The maximum Gasteiger partial charge on any atom is 0.306 e. The summed E-state index contributed by atoms with van der Waals surface area (Å²) >= 11 is 0. The molecule has 0 fully saturated rings. The third kappa shape index (κ3) is 9.30. The van der Waals surface area contributed by atoms with Crippen molar-refractivity contribution in [3.05, 3.63) is 59.7 Å². The maximum atomic E-state index is 12.3. The second-order valence-electron chi connectivity index (χ2n) is 10.8. The normalized spacial score (nSPS) is 11.6. The van der Waals surface area contributed by atoms with Crippen LogP contribution in [0.25, 0.3) is 11.1 Å². The molecule has 0 saturated carbocycles. The summed E-state index contributed by atoms with van der Waals surface area (Å²) in [6.45, 7) is 11.0. The Bertz CT molecular complexity index is 933. The van der Waals surface area contributed by atoms with Crippen LogP contribution >= 0.6 is 0 Å². The maximum absolute atomic E-state index is 12.3. The van der Waals surface area contributed by atoms with Crippen LogP contribution in [-0.2, 0) is 19.1 Å². The van der Waals surface area contributed by atoms with Gasteiger partial charge < -0.3 is 9.47 Å². The number of hydrogen-bond donors (Lipinski definition) is 0. The van der Waals surface area contributed by atoms with Crippen molar-refractivity contribution < 1.29 is 28.7 Å². The van der Waals surface area contributed by atoms with Gasteiger partial charge in [-0.15, -0.1) is 0 Å². The third-order valence-corrected chi connectivity index (χ3v) is 4.82. The molecule has 0 aromatic heterocycles. The molecule has 6 nitrogen and oxygen atoms in total. The molecule has 0 radical (unpaired) electrons. The van der Waals surface area contributed by atoms with Crippen molar-refractivity contribution in [3.63, 3.8) is 0 Å². The SMILES string of the molecule is CC(C)(C)CC(=O)OCC(=O)c1ccc(-c2ccc(C(=O)COC(=O)CC(C)(C)C)cc2)cc1. The van der Waals surface area contributed by atoms with Gasteiger partial charge in [-0.3, -0.25) is 19.2 Å². The van der Waals surface area contributed by atoms with Crippen molar-refractivity contribution in [1.82, 2.24) is 0 Å². The Hall–Kier alpha value is -3.28. The van der Waals surface area contributed by atoms with Crippen molar-refractivity contribution in [2.45, 2.75) is 54.4 Å². The first kappa shape index (κ1) is 27.0. The van der Waals surface area contributed by atoms with Crippen molar-refractivity contribution in [2.24, 2.45) is 10.8 Å². The van der Waals surface area contributed by atoms with Gasteiger partial charge in [-0.25, -0.2) is 0 Å². The molecule has 34 heavy (non-hydrogen) atoms. The summed E-state index contributed by atoms with van der Waals surface area (Å²) in [7, 11) is 0. The summed E-state index contributed by atoms with van der Waals surface area (Å²) in [5.41, 5.74) is 2.26. The van der Waals surface area contributed by atoms with E-state index in [9.17, 15) is 19.2 Å². The Morgan fingerprint density at radius 3 is 1.12 bits per heavy atom. The average Bonchev–Trinajstić information content (AvgIpc) is 2.73. The van der Waals surface area contributed by atoms with E-state index in [1.807, 2.05) is 41.5 Å². The van der Waals surface area contributed by atoms with E-state index in [0.717, 1.165) is 11.1 Å². The van der Waals surface area contributed by atoms with Crippen molar-refractivity contribution in [2.75, 3.05) is 13.2 Å². The Kier molecular flexibility index (Phi) is 8.91. The highest BCUT2D eigenvalue weighted by molar-refractivity contribution is 5.99. The van der Waals surface area contributed by atoms with E-state index in [0.29, 0.717) is 11.1 Å². The molecule has 0 aliphatic heterocycles.